The summed E-state index contributed by atoms with van der Waals surface area (Å²) in [7, 11) is 0. The number of nitrogens with one attached hydrogen (secondary N) is 1. The van der Waals surface area contributed by atoms with Gasteiger partial charge in [-0.15, -0.1) is 0 Å². The van der Waals surface area contributed by atoms with Crippen LogP contribution in [0.2, 0.25) is 0 Å². The van der Waals surface area contributed by atoms with Crippen molar-refractivity contribution in [2.75, 3.05) is 54.5 Å². The second-order valence-corrected chi connectivity index (χ2v) is 7.34. The number of carbonyl (C=O) groups is 1. The number of primary amides is 1. The van der Waals surface area contributed by atoms with Crippen molar-refractivity contribution in [1.29, 1.82) is 0 Å². The van der Waals surface area contributed by atoms with E-state index in [4.69, 9.17) is 10.5 Å². The topological polar surface area (TPSA) is 83.7 Å². The molecule has 1 amide bonds. The number of pyridine rings is 1. The maximum absolute atomic E-state index is 11.3. The second kappa shape index (κ2) is 8.48. The van der Waals surface area contributed by atoms with E-state index in [1.807, 2.05) is 18.3 Å². The lowest BCUT2D eigenvalue weighted by molar-refractivity contribution is 0.100. The summed E-state index contributed by atoms with van der Waals surface area (Å²) in [6.45, 7) is 5.30. The minimum Gasteiger partial charge on any atom is -0.378 e. The fourth-order valence-corrected chi connectivity index (χ4v) is 3.89. The molecule has 2 aliphatic rings. The van der Waals surface area contributed by atoms with E-state index in [1.54, 1.807) is 12.1 Å². The van der Waals surface area contributed by atoms with E-state index in [9.17, 15) is 4.79 Å². The Labute approximate surface area is 165 Å². The number of carbonyl (C=O) groups excluding carboxylic acids is 1. The van der Waals surface area contributed by atoms with Gasteiger partial charge in [0, 0.05) is 61.4 Å². The summed E-state index contributed by atoms with van der Waals surface area (Å²) in [6, 6.07) is 12.1. The molecule has 2 aliphatic heterocycles. The lowest BCUT2D eigenvalue weighted by Gasteiger charge is -2.35. The summed E-state index contributed by atoms with van der Waals surface area (Å²) in [5.74, 6) is 0.524. The van der Waals surface area contributed by atoms with E-state index in [-0.39, 0.29) is 0 Å². The fraction of sp³-hybridized carbons (Fsp3) is 0.429. The maximum Gasteiger partial charge on any atom is 0.248 e. The molecule has 1 atom stereocenters. The van der Waals surface area contributed by atoms with E-state index in [2.05, 4.69) is 32.2 Å². The van der Waals surface area contributed by atoms with Gasteiger partial charge in [-0.3, -0.25) is 4.79 Å². The first-order valence-corrected chi connectivity index (χ1v) is 9.89. The van der Waals surface area contributed by atoms with Crippen LogP contribution in [0.1, 0.15) is 23.2 Å². The van der Waals surface area contributed by atoms with E-state index in [0.717, 1.165) is 63.7 Å². The van der Waals surface area contributed by atoms with Crippen LogP contribution >= 0.6 is 0 Å². The molecule has 0 radical (unpaired) electrons. The first-order valence-electron chi connectivity index (χ1n) is 9.89. The molecular weight excluding hydrogens is 354 g/mol. The Kier molecular flexibility index (Phi) is 5.62. The standard InChI is InChI=1S/C21H27N5O2/c22-21(27)16-3-5-18(6-4-16)26-9-1-2-17(15-26)24-20-14-19(7-8-23-20)25-10-12-28-13-11-25/h3-8,14,17H,1-2,9-13,15H2,(H2,22,27)(H,23,24)/t17-/m1/s1. The van der Waals surface area contributed by atoms with Crippen LogP contribution < -0.4 is 20.9 Å². The molecule has 0 bridgehead atoms. The molecule has 2 fully saturated rings. The predicted molar refractivity (Wildman–Crippen MR) is 111 cm³/mol. The third-order valence-corrected chi connectivity index (χ3v) is 5.41. The van der Waals surface area contributed by atoms with Gasteiger partial charge in [0.2, 0.25) is 5.91 Å². The molecule has 2 aromatic rings. The number of nitrogens with zero attached hydrogens (tertiary/aromatic N) is 3. The van der Waals surface area contributed by atoms with Crippen molar-refractivity contribution in [3.8, 4) is 0 Å². The second-order valence-electron chi connectivity index (χ2n) is 7.34. The van der Waals surface area contributed by atoms with Gasteiger partial charge < -0.3 is 25.6 Å². The van der Waals surface area contributed by atoms with Crippen molar-refractivity contribution in [2.24, 2.45) is 5.73 Å². The van der Waals surface area contributed by atoms with Crippen molar-refractivity contribution in [3.63, 3.8) is 0 Å². The Morgan fingerprint density at radius 1 is 1.07 bits per heavy atom. The van der Waals surface area contributed by atoms with Crippen LogP contribution in [-0.4, -0.2) is 56.3 Å². The van der Waals surface area contributed by atoms with Gasteiger partial charge in [-0.1, -0.05) is 0 Å². The zero-order chi connectivity index (χ0) is 19.3. The van der Waals surface area contributed by atoms with Gasteiger partial charge in [0.25, 0.3) is 0 Å². The first kappa shape index (κ1) is 18.6. The van der Waals surface area contributed by atoms with Crippen LogP contribution in [0.15, 0.2) is 42.6 Å². The highest BCUT2D eigenvalue weighted by Crippen LogP contribution is 2.24. The van der Waals surface area contributed by atoms with Crippen LogP contribution in [0, 0.1) is 0 Å². The molecule has 7 nitrogen and oxygen atoms in total. The van der Waals surface area contributed by atoms with E-state index >= 15 is 0 Å². The monoisotopic (exact) mass is 381 g/mol. The number of morpholine rings is 1. The van der Waals surface area contributed by atoms with E-state index < -0.39 is 5.91 Å². The quantitative estimate of drug-likeness (QED) is 0.825. The lowest BCUT2D eigenvalue weighted by atomic mass is 10.0. The van der Waals surface area contributed by atoms with Crippen molar-refractivity contribution < 1.29 is 9.53 Å². The normalized spacial score (nSPS) is 20.1. The van der Waals surface area contributed by atoms with E-state index in [0.29, 0.717) is 11.6 Å². The number of nitrogens with two attached hydrogens (primary N) is 1. The molecule has 148 valence electrons. The Morgan fingerprint density at radius 2 is 1.86 bits per heavy atom. The minimum atomic E-state index is -0.393. The number of rotatable bonds is 5. The number of anilines is 3. The number of hydrogen-bond acceptors (Lipinski definition) is 6. The average Bonchev–Trinajstić information content (AvgIpc) is 2.75. The number of benzene rings is 1. The van der Waals surface area contributed by atoms with Crippen molar-refractivity contribution >= 4 is 23.1 Å². The fourth-order valence-electron chi connectivity index (χ4n) is 3.89. The van der Waals surface area contributed by atoms with Crippen LogP contribution in [0.4, 0.5) is 17.2 Å². The van der Waals surface area contributed by atoms with Crippen LogP contribution in [-0.2, 0) is 4.74 Å². The highest BCUT2D eigenvalue weighted by Gasteiger charge is 2.21. The maximum atomic E-state index is 11.3. The smallest absolute Gasteiger partial charge is 0.248 e. The van der Waals surface area contributed by atoms with Gasteiger partial charge in [0.05, 0.1) is 13.2 Å². The van der Waals surface area contributed by atoms with Gasteiger partial charge in [0.1, 0.15) is 5.82 Å². The molecule has 0 aliphatic carbocycles. The van der Waals surface area contributed by atoms with Crippen molar-refractivity contribution in [2.45, 2.75) is 18.9 Å². The largest absolute Gasteiger partial charge is 0.378 e. The third kappa shape index (κ3) is 4.36. The van der Waals surface area contributed by atoms with Crippen molar-refractivity contribution in [3.05, 3.63) is 48.2 Å². The number of aromatic nitrogens is 1. The predicted octanol–water partition coefficient (Wildman–Crippen LogP) is 2.10. The molecule has 4 rings (SSSR count). The van der Waals surface area contributed by atoms with Gasteiger partial charge in [-0.05, 0) is 43.2 Å². The average molecular weight is 381 g/mol. The number of amides is 1. The number of ether oxygens (including phenoxy) is 1. The highest BCUT2D eigenvalue weighted by atomic mass is 16.5. The van der Waals surface area contributed by atoms with Gasteiger partial charge in [-0.25, -0.2) is 4.98 Å². The van der Waals surface area contributed by atoms with Gasteiger partial charge in [-0.2, -0.15) is 0 Å². The first-order chi connectivity index (χ1) is 13.7. The molecule has 3 heterocycles. The van der Waals surface area contributed by atoms with Gasteiger partial charge >= 0.3 is 0 Å². The molecule has 0 saturated carbocycles. The molecule has 7 heteroatoms. The molecular formula is C21H27N5O2. The molecule has 0 unspecified atom stereocenters. The summed E-state index contributed by atoms with van der Waals surface area (Å²) in [6.07, 6.45) is 4.09. The molecule has 1 aromatic carbocycles. The number of piperidine rings is 1. The zero-order valence-electron chi connectivity index (χ0n) is 16.0. The molecule has 3 N–H and O–H groups in total. The summed E-state index contributed by atoms with van der Waals surface area (Å²) >= 11 is 0. The molecule has 1 aromatic heterocycles. The van der Waals surface area contributed by atoms with Crippen LogP contribution in [0.3, 0.4) is 0 Å². The van der Waals surface area contributed by atoms with E-state index in [1.165, 1.54) is 5.69 Å². The van der Waals surface area contributed by atoms with Crippen LogP contribution in [0.25, 0.3) is 0 Å². The molecule has 0 spiro atoms. The summed E-state index contributed by atoms with van der Waals surface area (Å²) in [5, 5.41) is 3.60. The van der Waals surface area contributed by atoms with Crippen LogP contribution in [0.5, 0.6) is 0 Å². The SMILES string of the molecule is NC(=O)c1ccc(N2CCC[C@@H](Nc3cc(N4CCOCC4)ccn3)C2)cc1. The minimum absolute atomic E-state index is 0.331. The highest BCUT2D eigenvalue weighted by molar-refractivity contribution is 5.93. The number of hydrogen-bond donors (Lipinski definition) is 2. The van der Waals surface area contributed by atoms with Gasteiger partial charge in [0.15, 0.2) is 0 Å². The Hall–Kier alpha value is -2.80. The molecule has 28 heavy (non-hydrogen) atoms. The summed E-state index contributed by atoms with van der Waals surface area (Å²) in [5.41, 5.74) is 8.19. The Bertz CT molecular complexity index is 805. The van der Waals surface area contributed by atoms with Crippen molar-refractivity contribution in [1.82, 2.24) is 4.98 Å². The zero-order valence-corrected chi connectivity index (χ0v) is 16.0. The lowest BCUT2D eigenvalue weighted by Crippen LogP contribution is -2.42. The Morgan fingerprint density at radius 3 is 2.61 bits per heavy atom. The summed E-state index contributed by atoms with van der Waals surface area (Å²) in [4.78, 5) is 20.5. The molecule has 2 saturated heterocycles. The Balaban J connectivity index is 1.40. The summed E-state index contributed by atoms with van der Waals surface area (Å²) < 4.78 is 5.44. The third-order valence-electron chi connectivity index (χ3n) is 5.41.